The predicted molar refractivity (Wildman–Crippen MR) is 79.3 cm³/mol. The molecule has 4 heteroatoms. The van der Waals surface area contributed by atoms with Gasteiger partial charge in [0.2, 0.25) is 0 Å². The van der Waals surface area contributed by atoms with Crippen LogP contribution in [0.4, 0.5) is 0 Å². The van der Waals surface area contributed by atoms with Crippen molar-refractivity contribution < 1.29 is 0 Å². The number of hydrogen-bond acceptors (Lipinski definition) is 3. The molecule has 1 aliphatic heterocycles. The van der Waals surface area contributed by atoms with Crippen molar-refractivity contribution in [3.05, 3.63) is 18.0 Å². The van der Waals surface area contributed by atoms with E-state index in [-0.39, 0.29) is 0 Å². The number of nitrogens with zero attached hydrogens (tertiary/aromatic N) is 3. The third-order valence-electron chi connectivity index (χ3n) is 4.03. The number of aromatic nitrogens is 2. The summed E-state index contributed by atoms with van der Waals surface area (Å²) in [5.74, 6) is 0. The Labute approximate surface area is 117 Å². The average molecular weight is 264 g/mol. The van der Waals surface area contributed by atoms with Crippen molar-refractivity contribution in [3.8, 4) is 0 Å². The fraction of sp³-hybridized carbons (Fsp3) is 0.800. The molecule has 0 bridgehead atoms. The second-order valence-corrected chi connectivity index (χ2v) is 5.99. The number of rotatable bonds is 5. The second-order valence-electron chi connectivity index (χ2n) is 5.99. The maximum atomic E-state index is 4.32. The van der Waals surface area contributed by atoms with Crippen LogP contribution in [-0.2, 0) is 6.54 Å². The van der Waals surface area contributed by atoms with Gasteiger partial charge >= 0.3 is 0 Å². The molecular weight excluding hydrogens is 236 g/mol. The van der Waals surface area contributed by atoms with E-state index in [1.165, 1.54) is 37.9 Å². The first kappa shape index (κ1) is 14.5. The molecule has 108 valence electrons. The minimum absolute atomic E-state index is 0.681. The van der Waals surface area contributed by atoms with Crippen LogP contribution in [0.5, 0.6) is 0 Å². The van der Waals surface area contributed by atoms with Crippen molar-refractivity contribution >= 4 is 0 Å². The third kappa shape index (κ3) is 4.62. The van der Waals surface area contributed by atoms with Crippen molar-refractivity contribution in [1.82, 2.24) is 20.0 Å². The summed E-state index contributed by atoms with van der Waals surface area (Å²) in [6.45, 7) is 11.2. The van der Waals surface area contributed by atoms with Gasteiger partial charge in [0, 0.05) is 24.8 Å². The van der Waals surface area contributed by atoms with Gasteiger partial charge in [-0.1, -0.05) is 0 Å². The monoisotopic (exact) mass is 264 g/mol. The Hall–Kier alpha value is -0.870. The van der Waals surface area contributed by atoms with E-state index in [1.54, 1.807) is 0 Å². The molecule has 1 aromatic rings. The molecule has 1 saturated heterocycles. The number of aryl methyl sites for hydroxylation is 1. The fourth-order valence-corrected chi connectivity index (χ4v) is 2.81. The Morgan fingerprint density at radius 3 is 2.89 bits per heavy atom. The molecule has 0 amide bonds. The lowest BCUT2D eigenvalue weighted by molar-refractivity contribution is 0.229. The van der Waals surface area contributed by atoms with E-state index in [9.17, 15) is 0 Å². The highest BCUT2D eigenvalue weighted by Crippen LogP contribution is 2.13. The van der Waals surface area contributed by atoms with E-state index in [2.05, 4.69) is 42.3 Å². The van der Waals surface area contributed by atoms with Crippen LogP contribution < -0.4 is 5.32 Å². The Kier molecular flexibility index (Phi) is 5.40. The molecule has 0 saturated carbocycles. The van der Waals surface area contributed by atoms with Gasteiger partial charge in [0.1, 0.15) is 0 Å². The molecule has 0 spiro atoms. The maximum absolute atomic E-state index is 4.32. The molecule has 1 fully saturated rings. The SMILES string of the molecule is Cc1cnn(CCNC2CCCN(C(C)C)CC2)c1. The Morgan fingerprint density at radius 2 is 2.21 bits per heavy atom. The van der Waals surface area contributed by atoms with Crippen LogP contribution in [0.2, 0.25) is 0 Å². The first-order valence-electron chi connectivity index (χ1n) is 7.61. The molecule has 1 N–H and O–H groups in total. The Balaban J connectivity index is 1.68. The summed E-state index contributed by atoms with van der Waals surface area (Å²) in [6.07, 6.45) is 7.93. The smallest absolute Gasteiger partial charge is 0.0534 e. The van der Waals surface area contributed by atoms with Crippen molar-refractivity contribution in [1.29, 1.82) is 0 Å². The van der Waals surface area contributed by atoms with Crippen LogP contribution >= 0.6 is 0 Å². The van der Waals surface area contributed by atoms with Crippen LogP contribution in [-0.4, -0.2) is 46.4 Å². The Bertz CT molecular complexity index is 372. The van der Waals surface area contributed by atoms with Gasteiger partial charge in [-0.15, -0.1) is 0 Å². The zero-order valence-corrected chi connectivity index (χ0v) is 12.6. The molecule has 1 aromatic heterocycles. The zero-order chi connectivity index (χ0) is 13.7. The van der Waals surface area contributed by atoms with Gasteiger partial charge in [-0.3, -0.25) is 4.68 Å². The minimum Gasteiger partial charge on any atom is -0.312 e. The van der Waals surface area contributed by atoms with E-state index in [0.29, 0.717) is 12.1 Å². The maximum Gasteiger partial charge on any atom is 0.0534 e. The Morgan fingerprint density at radius 1 is 1.37 bits per heavy atom. The second kappa shape index (κ2) is 7.06. The van der Waals surface area contributed by atoms with Gasteiger partial charge in [0.25, 0.3) is 0 Å². The third-order valence-corrected chi connectivity index (χ3v) is 4.03. The highest BCUT2D eigenvalue weighted by molar-refractivity contribution is 4.99. The molecule has 2 rings (SSSR count). The first-order valence-corrected chi connectivity index (χ1v) is 7.61. The van der Waals surface area contributed by atoms with Crippen LogP contribution in [0.15, 0.2) is 12.4 Å². The van der Waals surface area contributed by atoms with Crippen molar-refractivity contribution in [2.24, 2.45) is 0 Å². The summed E-state index contributed by atoms with van der Waals surface area (Å²) in [5.41, 5.74) is 1.24. The van der Waals surface area contributed by atoms with Crippen LogP contribution in [0.25, 0.3) is 0 Å². The lowest BCUT2D eigenvalue weighted by Crippen LogP contribution is -2.35. The molecule has 4 nitrogen and oxygen atoms in total. The molecule has 1 aliphatic rings. The summed E-state index contributed by atoms with van der Waals surface area (Å²) in [4.78, 5) is 2.60. The zero-order valence-electron chi connectivity index (χ0n) is 12.6. The quantitative estimate of drug-likeness (QED) is 0.883. The summed E-state index contributed by atoms with van der Waals surface area (Å²) in [6, 6.07) is 1.37. The molecule has 0 aromatic carbocycles. The summed E-state index contributed by atoms with van der Waals surface area (Å²) in [7, 11) is 0. The molecule has 0 radical (unpaired) electrons. The summed E-state index contributed by atoms with van der Waals surface area (Å²) in [5, 5.41) is 8.01. The van der Waals surface area contributed by atoms with Crippen LogP contribution in [0.1, 0.15) is 38.7 Å². The van der Waals surface area contributed by atoms with Crippen LogP contribution in [0, 0.1) is 6.92 Å². The van der Waals surface area contributed by atoms with Gasteiger partial charge < -0.3 is 10.2 Å². The van der Waals surface area contributed by atoms with Gasteiger partial charge in [-0.05, 0) is 58.7 Å². The van der Waals surface area contributed by atoms with E-state index < -0.39 is 0 Å². The average Bonchev–Trinajstić information content (AvgIpc) is 2.64. The highest BCUT2D eigenvalue weighted by Gasteiger charge is 2.17. The number of hydrogen-bond donors (Lipinski definition) is 1. The van der Waals surface area contributed by atoms with Crippen molar-refractivity contribution in [2.45, 2.75) is 58.7 Å². The van der Waals surface area contributed by atoms with E-state index in [0.717, 1.165) is 13.1 Å². The normalized spacial score (nSPS) is 21.8. The lowest BCUT2D eigenvalue weighted by atomic mass is 10.1. The fourth-order valence-electron chi connectivity index (χ4n) is 2.81. The van der Waals surface area contributed by atoms with Gasteiger partial charge in [-0.2, -0.15) is 5.10 Å². The van der Waals surface area contributed by atoms with Crippen LogP contribution in [0.3, 0.4) is 0 Å². The van der Waals surface area contributed by atoms with E-state index in [1.807, 2.05) is 10.9 Å². The van der Waals surface area contributed by atoms with Gasteiger partial charge in [-0.25, -0.2) is 0 Å². The molecular formula is C15H28N4. The summed E-state index contributed by atoms with van der Waals surface area (Å²) < 4.78 is 2.03. The number of likely N-dealkylation sites (tertiary alicyclic amines) is 1. The van der Waals surface area contributed by atoms with Gasteiger partial charge in [0.15, 0.2) is 0 Å². The van der Waals surface area contributed by atoms with E-state index >= 15 is 0 Å². The molecule has 0 aliphatic carbocycles. The molecule has 1 atom stereocenters. The van der Waals surface area contributed by atoms with E-state index in [4.69, 9.17) is 0 Å². The predicted octanol–water partition coefficient (Wildman–Crippen LogP) is 2.04. The topological polar surface area (TPSA) is 33.1 Å². The number of nitrogens with one attached hydrogen (secondary N) is 1. The molecule has 2 heterocycles. The first-order chi connectivity index (χ1) is 9.15. The largest absolute Gasteiger partial charge is 0.312 e. The van der Waals surface area contributed by atoms with Crippen molar-refractivity contribution in [2.75, 3.05) is 19.6 Å². The molecule has 1 unspecified atom stereocenters. The van der Waals surface area contributed by atoms with Crippen molar-refractivity contribution in [3.63, 3.8) is 0 Å². The minimum atomic E-state index is 0.681. The molecule has 19 heavy (non-hydrogen) atoms. The highest BCUT2D eigenvalue weighted by atomic mass is 15.3. The summed E-state index contributed by atoms with van der Waals surface area (Å²) >= 11 is 0. The standard InChI is InChI=1S/C15H28N4/c1-13(2)18-8-4-5-15(6-9-18)16-7-10-19-12-14(3)11-17-19/h11-13,15-16H,4-10H2,1-3H3. The van der Waals surface area contributed by atoms with Gasteiger partial charge in [0.05, 0.1) is 12.7 Å². The lowest BCUT2D eigenvalue weighted by Gasteiger charge is -2.24.